The summed E-state index contributed by atoms with van der Waals surface area (Å²) in [4.78, 5) is 10.4. The number of nitrogens with two attached hydrogens (primary N) is 1. The number of hydrogen-bond donors (Lipinski definition) is 1. The van der Waals surface area contributed by atoms with Gasteiger partial charge in [-0.2, -0.15) is 0 Å². The molecule has 0 heterocycles. The minimum Gasteiger partial charge on any atom is -0.378 e. The van der Waals surface area contributed by atoms with Crippen molar-refractivity contribution in [1.29, 1.82) is 0 Å². The van der Waals surface area contributed by atoms with Gasteiger partial charge < -0.3 is 9.47 Å². The number of nitrogens with zero attached hydrogens (tertiary/aromatic N) is 1. The molecule has 0 saturated carbocycles. The van der Waals surface area contributed by atoms with Gasteiger partial charge in [0.1, 0.15) is 6.61 Å². The van der Waals surface area contributed by atoms with E-state index in [1.807, 2.05) is 0 Å². The molecule has 0 spiro atoms. The summed E-state index contributed by atoms with van der Waals surface area (Å²) in [5.74, 6) is 5.38. The van der Waals surface area contributed by atoms with Crippen molar-refractivity contribution in [2.45, 2.75) is 6.92 Å². The van der Waals surface area contributed by atoms with Crippen molar-refractivity contribution in [2.24, 2.45) is 5.84 Å². The second-order valence-corrected chi connectivity index (χ2v) is 2.85. The smallest absolute Gasteiger partial charge is 0.155 e. The van der Waals surface area contributed by atoms with E-state index in [1.165, 1.54) is 6.92 Å². The fourth-order valence-electron chi connectivity index (χ4n) is 0.644. The van der Waals surface area contributed by atoms with Gasteiger partial charge in [0.2, 0.25) is 0 Å². The number of hydrogen-bond acceptors (Lipinski definition) is 5. The molecule has 0 radical (unpaired) electrons. The van der Waals surface area contributed by atoms with Gasteiger partial charge in [-0.05, 0) is 6.92 Å². The number of rotatable bonds is 8. The Bertz CT molecular complexity index is 139. The molecule has 2 N–H and O–H groups in total. The van der Waals surface area contributed by atoms with Gasteiger partial charge >= 0.3 is 0 Å². The molecule has 0 unspecified atom stereocenters. The van der Waals surface area contributed by atoms with Crippen LogP contribution in [0.5, 0.6) is 0 Å². The molecule has 0 amide bonds. The predicted octanol–water partition coefficient (Wildman–Crippen LogP) is -0.586. The van der Waals surface area contributed by atoms with Crippen LogP contribution in [0.15, 0.2) is 0 Å². The van der Waals surface area contributed by atoms with E-state index >= 15 is 0 Å². The second kappa shape index (κ2) is 8.12. The molecule has 0 fully saturated rings. The third-order valence-electron chi connectivity index (χ3n) is 1.27. The fraction of sp³-hybridized carbons (Fsp3) is 0.875. The quantitative estimate of drug-likeness (QED) is 0.315. The predicted molar refractivity (Wildman–Crippen MR) is 49.1 cm³/mol. The molecule has 78 valence electrons. The van der Waals surface area contributed by atoms with Crippen molar-refractivity contribution in [3.63, 3.8) is 0 Å². The molecule has 0 aromatic heterocycles. The number of carbonyl (C=O) groups is 1. The lowest BCUT2D eigenvalue weighted by Gasteiger charge is -2.09. The average Bonchev–Trinajstić information content (AvgIpc) is 2.01. The highest BCUT2D eigenvalue weighted by atomic mass is 16.5. The maximum atomic E-state index is 10.4. The molecule has 0 aromatic rings. The van der Waals surface area contributed by atoms with Crippen molar-refractivity contribution >= 4 is 5.78 Å². The summed E-state index contributed by atoms with van der Waals surface area (Å²) in [5, 5.41) is 1.55. The summed E-state index contributed by atoms with van der Waals surface area (Å²) in [6.07, 6.45) is 0. The first-order valence-electron chi connectivity index (χ1n) is 4.23. The molecule has 5 heteroatoms. The zero-order valence-corrected chi connectivity index (χ0v) is 8.28. The van der Waals surface area contributed by atoms with Crippen molar-refractivity contribution in [3.05, 3.63) is 0 Å². The summed E-state index contributed by atoms with van der Waals surface area (Å²) in [6.45, 7) is 3.88. The third kappa shape index (κ3) is 11.5. The molecule has 0 saturated heterocycles. The minimum absolute atomic E-state index is 0.0293. The van der Waals surface area contributed by atoms with Crippen LogP contribution in [0.1, 0.15) is 6.92 Å². The Morgan fingerprint density at radius 1 is 1.31 bits per heavy atom. The van der Waals surface area contributed by atoms with Crippen molar-refractivity contribution in [2.75, 3.05) is 40.0 Å². The molecule has 0 aliphatic rings. The monoisotopic (exact) mass is 190 g/mol. The van der Waals surface area contributed by atoms with E-state index in [-0.39, 0.29) is 12.4 Å². The summed E-state index contributed by atoms with van der Waals surface area (Å²) in [5.41, 5.74) is 0. The highest BCUT2D eigenvalue weighted by Gasteiger charge is 1.94. The average molecular weight is 190 g/mol. The van der Waals surface area contributed by atoms with Gasteiger partial charge in [-0.1, -0.05) is 0 Å². The van der Waals surface area contributed by atoms with Gasteiger partial charge in [0.05, 0.1) is 19.8 Å². The number of carbonyl (C=O) groups excluding carboxylic acids is 1. The Labute approximate surface area is 78.8 Å². The molecular formula is C8H18N2O3. The standard InChI is InChI=1S/C8H18N2O3/c1-8(11)7-13-6-5-12-4-3-10(2)9/h3-7,9H2,1-2H3. The highest BCUT2D eigenvalue weighted by Crippen LogP contribution is 1.80. The van der Waals surface area contributed by atoms with Gasteiger partial charge in [0, 0.05) is 13.6 Å². The van der Waals surface area contributed by atoms with Crippen LogP contribution in [0.25, 0.3) is 0 Å². The molecule has 13 heavy (non-hydrogen) atoms. The van der Waals surface area contributed by atoms with E-state index in [0.29, 0.717) is 26.4 Å². The summed E-state index contributed by atoms with van der Waals surface area (Å²) in [6, 6.07) is 0. The molecule has 0 rings (SSSR count). The van der Waals surface area contributed by atoms with Crippen LogP contribution in [0.3, 0.4) is 0 Å². The number of Topliss-reactive ketones (excluding diaryl/α,β-unsaturated/α-hetero) is 1. The van der Waals surface area contributed by atoms with Crippen LogP contribution in [0.4, 0.5) is 0 Å². The SMILES string of the molecule is CC(=O)COCCOCCN(C)N. The van der Waals surface area contributed by atoms with Crippen molar-refractivity contribution in [3.8, 4) is 0 Å². The minimum atomic E-state index is 0.0293. The molecule has 5 nitrogen and oxygen atoms in total. The van der Waals surface area contributed by atoms with Crippen molar-refractivity contribution in [1.82, 2.24) is 5.01 Å². The summed E-state index contributed by atoms with van der Waals surface area (Å²) < 4.78 is 10.2. The third-order valence-corrected chi connectivity index (χ3v) is 1.27. The number of likely N-dealkylation sites (N-methyl/N-ethyl adjacent to an activating group) is 1. The van der Waals surface area contributed by atoms with Gasteiger partial charge in [-0.3, -0.25) is 10.6 Å². The first-order chi connectivity index (χ1) is 6.13. The zero-order valence-electron chi connectivity index (χ0n) is 8.28. The molecule has 0 aliphatic heterocycles. The molecule has 0 aromatic carbocycles. The topological polar surface area (TPSA) is 64.8 Å². The molecule has 0 aliphatic carbocycles. The zero-order chi connectivity index (χ0) is 10.1. The van der Waals surface area contributed by atoms with E-state index in [9.17, 15) is 4.79 Å². The van der Waals surface area contributed by atoms with E-state index < -0.39 is 0 Å². The Hall–Kier alpha value is -0.490. The van der Waals surface area contributed by atoms with Gasteiger partial charge in [0.15, 0.2) is 5.78 Å². The first-order valence-corrected chi connectivity index (χ1v) is 4.23. The van der Waals surface area contributed by atoms with Crippen LogP contribution >= 0.6 is 0 Å². The van der Waals surface area contributed by atoms with E-state index in [0.717, 1.165) is 0 Å². The fourth-order valence-corrected chi connectivity index (χ4v) is 0.644. The Morgan fingerprint density at radius 2 is 1.92 bits per heavy atom. The normalized spacial score (nSPS) is 10.8. The Balaban J connectivity index is 2.96. The van der Waals surface area contributed by atoms with Crippen LogP contribution in [-0.4, -0.2) is 50.8 Å². The van der Waals surface area contributed by atoms with Gasteiger partial charge in [-0.15, -0.1) is 0 Å². The van der Waals surface area contributed by atoms with Crippen LogP contribution in [0.2, 0.25) is 0 Å². The highest BCUT2D eigenvalue weighted by molar-refractivity contribution is 5.76. The number of ketones is 1. The lowest BCUT2D eigenvalue weighted by Crippen LogP contribution is -2.30. The maximum Gasteiger partial charge on any atom is 0.155 e. The summed E-state index contributed by atoms with van der Waals surface area (Å²) >= 11 is 0. The maximum absolute atomic E-state index is 10.4. The number of hydrazine groups is 1. The van der Waals surface area contributed by atoms with E-state index in [4.69, 9.17) is 15.3 Å². The van der Waals surface area contributed by atoms with Crippen LogP contribution in [-0.2, 0) is 14.3 Å². The van der Waals surface area contributed by atoms with Crippen LogP contribution in [0, 0.1) is 0 Å². The molecule has 0 atom stereocenters. The summed E-state index contributed by atoms with van der Waals surface area (Å²) in [7, 11) is 1.77. The molecule has 0 bridgehead atoms. The Kier molecular flexibility index (Phi) is 7.82. The lowest BCUT2D eigenvalue weighted by atomic mass is 10.5. The van der Waals surface area contributed by atoms with E-state index in [1.54, 1.807) is 12.1 Å². The van der Waals surface area contributed by atoms with E-state index in [2.05, 4.69) is 0 Å². The lowest BCUT2D eigenvalue weighted by molar-refractivity contribution is -0.121. The molecular weight excluding hydrogens is 172 g/mol. The largest absolute Gasteiger partial charge is 0.378 e. The number of ether oxygens (including phenoxy) is 2. The van der Waals surface area contributed by atoms with Crippen LogP contribution < -0.4 is 5.84 Å². The van der Waals surface area contributed by atoms with Gasteiger partial charge in [-0.25, -0.2) is 5.01 Å². The van der Waals surface area contributed by atoms with Crippen molar-refractivity contribution < 1.29 is 14.3 Å². The first kappa shape index (κ1) is 12.5. The second-order valence-electron chi connectivity index (χ2n) is 2.85. The Morgan fingerprint density at radius 3 is 2.46 bits per heavy atom. The van der Waals surface area contributed by atoms with Gasteiger partial charge in [0.25, 0.3) is 0 Å².